The van der Waals surface area contributed by atoms with Gasteiger partial charge in [-0.1, -0.05) is 35.6 Å². The zero-order chi connectivity index (χ0) is 20.4. The van der Waals surface area contributed by atoms with Gasteiger partial charge in [0.25, 0.3) is 0 Å². The second-order valence-electron chi connectivity index (χ2n) is 6.65. The van der Waals surface area contributed by atoms with E-state index in [1.165, 1.54) is 24.8 Å². The molecule has 8 heteroatoms. The minimum Gasteiger partial charge on any atom is -0.504 e. The number of nitrogens with zero attached hydrogens (tertiary/aromatic N) is 3. The summed E-state index contributed by atoms with van der Waals surface area (Å²) in [7, 11) is 1.53. The first-order chi connectivity index (χ1) is 14.0. The SMILES string of the molecule is COc1cc(CNc2ncnc3sc(Nc4c(C)cccc4C)nc23)ccc1O. The van der Waals surface area contributed by atoms with Crippen LogP contribution in [0, 0.1) is 13.8 Å². The molecule has 148 valence electrons. The maximum absolute atomic E-state index is 9.74. The minimum absolute atomic E-state index is 0.113. The van der Waals surface area contributed by atoms with Crippen molar-refractivity contribution >= 4 is 38.3 Å². The van der Waals surface area contributed by atoms with Gasteiger partial charge in [-0.05, 0) is 42.7 Å². The van der Waals surface area contributed by atoms with Gasteiger partial charge in [0, 0.05) is 12.2 Å². The molecule has 0 amide bonds. The van der Waals surface area contributed by atoms with Crippen molar-refractivity contribution in [2.24, 2.45) is 0 Å². The number of benzene rings is 2. The molecule has 4 rings (SSSR count). The van der Waals surface area contributed by atoms with Crippen molar-refractivity contribution in [2.75, 3.05) is 17.7 Å². The van der Waals surface area contributed by atoms with Crippen molar-refractivity contribution in [1.29, 1.82) is 0 Å². The van der Waals surface area contributed by atoms with Gasteiger partial charge in [0.15, 0.2) is 27.3 Å². The van der Waals surface area contributed by atoms with Crippen LogP contribution in [0.25, 0.3) is 10.3 Å². The molecule has 4 aromatic rings. The first-order valence-corrected chi connectivity index (χ1v) is 9.91. The Labute approximate surface area is 172 Å². The van der Waals surface area contributed by atoms with Crippen molar-refractivity contribution in [2.45, 2.75) is 20.4 Å². The average Bonchev–Trinajstić information content (AvgIpc) is 3.13. The largest absolute Gasteiger partial charge is 0.504 e. The van der Waals surface area contributed by atoms with Crippen molar-refractivity contribution in [1.82, 2.24) is 15.0 Å². The fraction of sp³-hybridized carbons (Fsp3) is 0.190. The maximum atomic E-state index is 9.74. The lowest BCUT2D eigenvalue weighted by Crippen LogP contribution is -2.03. The first-order valence-electron chi connectivity index (χ1n) is 9.09. The molecule has 7 nitrogen and oxygen atoms in total. The van der Waals surface area contributed by atoms with Gasteiger partial charge < -0.3 is 20.5 Å². The number of phenolic OH excluding ortho intramolecular Hbond substituents is 1. The van der Waals surface area contributed by atoms with E-state index in [0.29, 0.717) is 18.1 Å². The Morgan fingerprint density at radius 3 is 2.66 bits per heavy atom. The Morgan fingerprint density at radius 1 is 1.10 bits per heavy atom. The molecule has 0 spiro atoms. The first kappa shape index (κ1) is 18.9. The molecule has 0 atom stereocenters. The predicted octanol–water partition coefficient (Wildman–Crippen LogP) is 4.77. The third-order valence-electron chi connectivity index (χ3n) is 4.61. The average molecular weight is 407 g/mol. The van der Waals surface area contributed by atoms with Crippen LogP contribution in [0.3, 0.4) is 0 Å². The normalized spacial score (nSPS) is 10.9. The number of phenols is 1. The van der Waals surface area contributed by atoms with E-state index in [9.17, 15) is 5.11 Å². The Balaban J connectivity index is 1.58. The zero-order valence-electron chi connectivity index (χ0n) is 16.4. The van der Waals surface area contributed by atoms with Crippen LogP contribution in [0.5, 0.6) is 11.5 Å². The summed E-state index contributed by atoms with van der Waals surface area (Å²) in [6.07, 6.45) is 1.53. The highest BCUT2D eigenvalue weighted by molar-refractivity contribution is 7.21. The summed E-state index contributed by atoms with van der Waals surface area (Å²) in [5, 5.41) is 17.2. The lowest BCUT2D eigenvalue weighted by Gasteiger charge is -2.09. The molecule has 0 bridgehead atoms. The zero-order valence-corrected chi connectivity index (χ0v) is 17.2. The summed E-state index contributed by atoms with van der Waals surface area (Å²) in [5.41, 5.74) is 5.06. The number of aryl methyl sites for hydroxylation is 2. The number of anilines is 3. The van der Waals surface area contributed by atoms with Gasteiger partial charge in [0.1, 0.15) is 11.8 Å². The summed E-state index contributed by atoms with van der Waals surface area (Å²) in [5.74, 6) is 1.21. The highest BCUT2D eigenvalue weighted by Crippen LogP contribution is 2.32. The van der Waals surface area contributed by atoms with E-state index in [-0.39, 0.29) is 5.75 Å². The highest BCUT2D eigenvalue weighted by atomic mass is 32.1. The Bertz CT molecular complexity index is 1150. The van der Waals surface area contributed by atoms with Crippen molar-refractivity contribution in [3.8, 4) is 11.5 Å². The predicted molar refractivity (Wildman–Crippen MR) is 116 cm³/mol. The molecular formula is C21H21N5O2S. The number of aromatic nitrogens is 3. The molecule has 0 unspecified atom stereocenters. The van der Waals surface area contributed by atoms with Crippen LogP contribution < -0.4 is 15.4 Å². The topological polar surface area (TPSA) is 92.2 Å². The van der Waals surface area contributed by atoms with Gasteiger partial charge in [-0.2, -0.15) is 0 Å². The van der Waals surface area contributed by atoms with Gasteiger partial charge in [-0.3, -0.25) is 0 Å². The summed E-state index contributed by atoms with van der Waals surface area (Å²) >= 11 is 1.49. The third-order valence-corrected chi connectivity index (χ3v) is 5.49. The van der Waals surface area contributed by atoms with Crippen LogP contribution in [0.2, 0.25) is 0 Å². The number of hydrogen-bond donors (Lipinski definition) is 3. The van der Waals surface area contributed by atoms with Crippen LogP contribution in [-0.2, 0) is 6.54 Å². The molecule has 2 aromatic carbocycles. The van der Waals surface area contributed by atoms with Crippen LogP contribution in [0.4, 0.5) is 16.6 Å². The number of hydrogen-bond acceptors (Lipinski definition) is 8. The van der Waals surface area contributed by atoms with Gasteiger partial charge in [-0.15, -0.1) is 0 Å². The molecule has 0 saturated carbocycles. The van der Waals surface area contributed by atoms with E-state index in [1.807, 2.05) is 12.1 Å². The van der Waals surface area contributed by atoms with Gasteiger partial charge in [-0.25, -0.2) is 15.0 Å². The second kappa shape index (κ2) is 7.92. The number of ether oxygens (including phenoxy) is 1. The summed E-state index contributed by atoms with van der Waals surface area (Å²) < 4.78 is 5.16. The molecule has 0 aliphatic rings. The molecular weight excluding hydrogens is 386 g/mol. The lowest BCUT2D eigenvalue weighted by molar-refractivity contribution is 0.373. The number of fused-ring (bicyclic) bond motifs is 1. The van der Waals surface area contributed by atoms with Crippen LogP contribution >= 0.6 is 11.3 Å². The number of rotatable bonds is 6. The lowest BCUT2D eigenvalue weighted by atomic mass is 10.1. The number of thiazole rings is 1. The van der Waals surface area contributed by atoms with E-state index in [4.69, 9.17) is 9.72 Å². The summed E-state index contributed by atoms with van der Waals surface area (Å²) in [4.78, 5) is 14.2. The van der Waals surface area contributed by atoms with Crippen molar-refractivity contribution in [3.05, 3.63) is 59.4 Å². The fourth-order valence-electron chi connectivity index (χ4n) is 3.07. The quantitative estimate of drug-likeness (QED) is 0.424. The molecule has 2 aromatic heterocycles. The van der Waals surface area contributed by atoms with Crippen molar-refractivity contribution < 1.29 is 9.84 Å². The molecule has 0 radical (unpaired) electrons. The number of para-hydroxylation sites is 1. The molecule has 0 saturated heterocycles. The van der Waals surface area contributed by atoms with Crippen molar-refractivity contribution in [3.63, 3.8) is 0 Å². The third kappa shape index (κ3) is 3.93. The van der Waals surface area contributed by atoms with Gasteiger partial charge in [0.2, 0.25) is 0 Å². The van der Waals surface area contributed by atoms with E-state index >= 15 is 0 Å². The smallest absolute Gasteiger partial charge is 0.189 e. The number of nitrogens with one attached hydrogen (secondary N) is 2. The summed E-state index contributed by atoms with van der Waals surface area (Å²) in [6.45, 7) is 4.66. The van der Waals surface area contributed by atoms with Crippen LogP contribution in [-0.4, -0.2) is 27.2 Å². The standard InChI is InChI=1S/C21H21N5O2S/c1-12-5-4-6-13(2)17(12)25-21-26-18-19(23-11-24-20(18)29-21)22-10-14-7-8-15(27)16(9-14)28-3/h4-9,11,27H,10H2,1-3H3,(H,25,26)(H,22,23,24). The molecule has 0 fully saturated rings. The Hall–Kier alpha value is -3.39. The molecule has 29 heavy (non-hydrogen) atoms. The monoisotopic (exact) mass is 407 g/mol. The van der Waals surface area contributed by atoms with E-state index < -0.39 is 0 Å². The van der Waals surface area contributed by atoms with Crippen LogP contribution in [0.15, 0.2) is 42.7 Å². The van der Waals surface area contributed by atoms with E-state index in [2.05, 4.69) is 46.6 Å². The number of aromatic hydroxyl groups is 1. The second-order valence-corrected chi connectivity index (χ2v) is 7.62. The Morgan fingerprint density at radius 2 is 1.90 bits per heavy atom. The minimum atomic E-state index is 0.113. The molecule has 2 heterocycles. The molecule has 0 aliphatic heterocycles. The van der Waals surface area contributed by atoms with E-state index in [0.717, 1.165) is 37.9 Å². The van der Waals surface area contributed by atoms with E-state index in [1.54, 1.807) is 12.1 Å². The number of methoxy groups -OCH3 is 1. The molecule has 3 N–H and O–H groups in total. The van der Waals surface area contributed by atoms with Gasteiger partial charge in [0.05, 0.1) is 7.11 Å². The van der Waals surface area contributed by atoms with Crippen LogP contribution in [0.1, 0.15) is 16.7 Å². The summed E-state index contributed by atoms with van der Waals surface area (Å²) in [6, 6.07) is 11.4. The maximum Gasteiger partial charge on any atom is 0.189 e. The fourth-order valence-corrected chi connectivity index (χ4v) is 3.89. The highest BCUT2D eigenvalue weighted by Gasteiger charge is 2.13. The Kier molecular flexibility index (Phi) is 5.18. The van der Waals surface area contributed by atoms with Gasteiger partial charge >= 0.3 is 0 Å². The molecule has 0 aliphatic carbocycles.